The first kappa shape index (κ1) is 16.7. The Morgan fingerprint density at radius 1 is 1.20 bits per heavy atom. The lowest BCUT2D eigenvalue weighted by atomic mass is 10.2. The summed E-state index contributed by atoms with van der Waals surface area (Å²) in [5.74, 6) is -0.590. The maximum atomic E-state index is 12.6. The number of hydrogen-bond acceptors (Lipinski definition) is 6. The number of sulfonamides is 1. The molecule has 1 N–H and O–H groups in total. The molecule has 9 nitrogen and oxygen atoms in total. The maximum Gasteiger partial charge on any atom is 0.419 e. The molecule has 0 spiro atoms. The van der Waals surface area contributed by atoms with Crippen LogP contribution in [0.15, 0.2) is 50.5 Å². The number of aromatic nitrogens is 1. The van der Waals surface area contributed by atoms with Gasteiger partial charge in [0.05, 0.1) is 15.3 Å². The molecule has 25 heavy (non-hydrogen) atoms. The van der Waals surface area contributed by atoms with Crippen LogP contribution in [0.4, 0.5) is 11.4 Å². The van der Waals surface area contributed by atoms with Gasteiger partial charge in [0.1, 0.15) is 0 Å². The van der Waals surface area contributed by atoms with E-state index in [9.17, 15) is 23.3 Å². The van der Waals surface area contributed by atoms with Crippen molar-refractivity contribution in [2.45, 2.75) is 11.8 Å². The van der Waals surface area contributed by atoms with Crippen LogP contribution in [0.3, 0.4) is 0 Å². The molecule has 0 unspecified atom stereocenters. The molecule has 10 heteroatoms. The molecule has 1 heterocycles. The van der Waals surface area contributed by atoms with E-state index >= 15 is 0 Å². The largest absolute Gasteiger partial charge is 0.419 e. The number of oxazole rings is 1. The molecule has 0 saturated heterocycles. The number of rotatable bonds is 4. The van der Waals surface area contributed by atoms with E-state index in [0.29, 0.717) is 11.1 Å². The summed E-state index contributed by atoms with van der Waals surface area (Å²) < 4.78 is 33.9. The molecule has 0 fully saturated rings. The second-order valence-corrected chi connectivity index (χ2v) is 7.07. The molecule has 0 aliphatic rings. The highest BCUT2D eigenvalue weighted by Crippen LogP contribution is 2.25. The highest BCUT2D eigenvalue weighted by molar-refractivity contribution is 7.92. The minimum Gasteiger partial charge on any atom is -0.408 e. The molecule has 0 amide bonds. The Labute approximate surface area is 141 Å². The van der Waals surface area contributed by atoms with Gasteiger partial charge in [0.15, 0.2) is 5.58 Å². The highest BCUT2D eigenvalue weighted by atomic mass is 32.2. The van der Waals surface area contributed by atoms with Crippen LogP contribution in [-0.2, 0) is 17.1 Å². The molecule has 3 aromatic rings. The Balaban J connectivity index is 2.02. The van der Waals surface area contributed by atoms with Gasteiger partial charge in [0.2, 0.25) is 0 Å². The van der Waals surface area contributed by atoms with Gasteiger partial charge < -0.3 is 4.42 Å². The monoisotopic (exact) mass is 363 g/mol. The first-order valence-electron chi connectivity index (χ1n) is 7.06. The Hall–Kier alpha value is -3.14. The van der Waals surface area contributed by atoms with Gasteiger partial charge >= 0.3 is 5.76 Å². The zero-order valence-corrected chi connectivity index (χ0v) is 14.0. The lowest BCUT2D eigenvalue weighted by Crippen LogP contribution is -2.14. The van der Waals surface area contributed by atoms with Crippen LogP contribution in [0.1, 0.15) is 5.56 Å². The van der Waals surface area contributed by atoms with Crippen molar-refractivity contribution in [1.82, 2.24) is 4.57 Å². The highest BCUT2D eigenvalue weighted by Gasteiger charge is 2.20. The fourth-order valence-corrected chi connectivity index (χ4v) is 3.71. The molecule has 130 valence electrons. The molecule has 0 aliphatic carbocycles. The summed E-state index contributed by atoms with van der Waals surface area (Å²) in [4.78, 5) is 21.6. The second-order valence-electron chi connectivity index (χ2n) is 5.42. The van der Waals surface area contributed by atoms with Crippen molar-refractivity contribution in [3.63, 3.8) is 0 Å². The molecule has 1 aromatic heterocycles. The number of fused-ring (bicyclic) bond motifs is 1. The zero-order chi connectivity index (χ0) is 18.4. The summed E-state index contributed by atoms with van der Waals surface area (Å²) in [6.45, 7) is 1.60. The minimum atomic E-state index is -3.96. The lowest BCUT2D eigenvalue weighted by molar-refractivity contribution is -0.384. The van der Waals surface area contributed by atoms with Crippen LogP contribution in [-0.4, -0.2) is 17.9 Å². The number of nitrogens with one attached hydrogen (secondary N) is 1. The molecule has 0 bridgehead atoms. The van der Waals surface area contributed by atoms with Crippen LogP contribution in [0.5, 0.6) is 0 Å². The van der Waals surface area contributed by atoms with Gasteiger partial charge in [0, 0.05) is 30.9 Å². The van der Waals surface area contributed by atoms with Crippen molar-refractivity contribution in [2.24, 2.45) is 7.05 Å². The van der Waals surface area contributed by atoms with Crippen LogP contribution in [0.2, 0.25) is 0 Å². The van der Waals surface area contributed by atoms with Gasteiger partial charge in [-0.25, -0.2) is 13.2 Å². The van der Waals surface area contributed by atoms with Crippen molar-refractivity contribution in [2.75, 3.05) is 4.72 Å². The topological polar surface area (TPSA) is 124 Å². The van der Waals surface area contributed by atoms with E-state index in [4.69, 9.17) is 4.42 Å². The van der Waals surface area contributed by atoms with Crippen LogP contribution in [0.25, 0.3) is 11.1 Å². The number of anilines is 1. The van der Waals surface area contributed by atoms with E-state index in [2.05, 4.69) is 4.72 Å². The molecular weight excluding hydrogens is 350 g/mol. The predicted molar refractivity (Wildman–Crippen MR) is 90.1 cm³/mol. The number of hydrogen-bond donors (Lipinski definition) is 1. The number of benzene rings is 2. The number of nitro benzene ring substituents is 1. The van der Waals surface area contributed by atoms with Crippen molar-refractivity contribution in [1.29, 1.82) is 0 Å². The Morgan fingerprint density at radius 2 is 1.84 bits per heavy atom. The van der Waals surface area contributed by atoms with Gasteiger partial charge in [0.25, 0.3) is 15.7 Å². The number of nitrogens with zero attached hydrogens (tertiary/aromatic N) is 2. The number of nitro groups is 1. The SMILES string of the molecule is Cc1cc2c(cc1S(=O)(=O)Nc1ccc([N+](=O)[O-])cc1)oc(=O)n2C. The lowest BCUT2D eigenvalue weighted by Gasteiger charge is -2.10. The van der Waals surface area contributed by atoms with Crippen molar-refractivity contribution < 1.29 is 17.8 Å². The second kappa shape index (κ2) is 5.74. The Morgan fingerprint density at radius 3 is 2.44 bits per heavy atom. The van der Waals surface area contributed by atoms with E-state index in [1.807, 2.05) is 0 Å². The third-order valence-electron chi connectivity index (χ3n) is 3.71. The third kappa shape index (κ3) is 2.98. The van der Waals surface area contributed by atoms with Gasteiger partial charge in [-0.15, -0.1) is 0 Å². The number of aryl methyl sites for hydroxylation is 2. The normalized spacial score (nSPS) is 11.6. The van der Waals surface area contributed by atoms with Gasteiger partial charge in [-0.05, 0) is 30.7 Å². The quantitative estimate of drug-likeness (QED) is 0.559. The fraction of sp³-hybridized carbons (Fsp3) is 0.133. The minimum absolute atomic E-state index is 0.0484. The van der Waals surface area contributed by atoms with E-state index in [1.165, 1.54) is 41.9 Å². The van der Waals surface area contributed by atoms with Crippen molar-refractivity contribution in [3.8, 4) is 0 Å². The molecule has 2 aromatic carbocycles. The third-order valence-corrected chi connectivity index (χ3v) is 5.23. The Kier molecular flexibility index (Phi) is 3.84. The molecule has 3 rings (SSSR count). The smallest absolute Gasteiger partial charge is 0.408 e. The van der Waals surface area contributed by atoms with Crippen molar-refractivity contribution in [3.05, 3.63) is 62.6 Å². The molecule has 0 radical (unpaired) electrons. The Bertz CT molecular complexity index is 1140. The summed E-state index contributed by atoms with van der Waals surface area (Å²) in [6, 6.07) is 7.82. The van der Waals surface area contributed by atoms with E-state index in [-0.39, 0.29) is 21.9 Å². The van der Waals surface area contributed by atoms with Crippen LogP contribution >= 0.6 is 0 Å². The first-order valence-corrected chi connectivity index (χ1v) is 8.55. The molecule has 0 aliphatic heterocycles. The molecule has 0 atom stereocenters. The van der Waals surface area contributed by atoms with Gasteiger partial charge in [-0.1, -0.05) is 0 Å². The zero-order valence-electron chi connectivity index (χ0n) is 13.2. The predicted octanol–water partition coefficient (Wildman–Crippen LogP) is 2.15. The van der Waals surface area contributed by atoms with E-state index in [0.717, 1.165) is 0 Å². The van der Waals surface area contributed by atoms with Gasteiger partial charge in [-0.2, -0.15) is 0 Å². The van der Waals surface area contributed by atoms with Crippen LogP contribution in [0, 0.1) is 17.0 Å². The summed E-state index contributed by atoms with van der Waals surface area (Å²) in [5, 5.41) is 10.6. The van der Waals surface area contributed by atoms with E-state index in [1.54, 1.807) is 13.0 Å². The first-order chi connectivity index (χ1) is 11.7. The molecule has 0 saturated carbocycles. The summed E-state index contributed by atoms with van der Waals surface area (Å²) >= 11 is 0. The summed E-state index contributed by atoms with van der Waals surface area (Å²) in [5.41, 5.74) is 1.10. The average molecular weight is 363 g/mol. The summed E-state index contributed by atoms with van der Waals surface area (Å²) in [7, 11) is -2.44. The van der Waals surface area contributed by atoms with Crippen molar-refractivity contribution >= 4 is 32.5 Å². The summed E-state index contributed by atoms with van der Waals surface area (Å²) in [6.07, 6.45) is 0. The maximum absolute atomic E-state index is 12.6. The standard InChI is InChI=1S/C15H13N3O6S/c1-9-7-12-13(24-15(19)17(12)2)8-14(9)25(22,23)16-10-3-5-11(6-4-10)18(20)21/h3-8,16H,1-2H3. The van der Waals surface area contributed by atoms with E-state index < -0.39 is 20.7 Å². The molecular formula is C15H13N3O6S. The van der Waals surface area contributed by atoms with Crippen LogP contribution < -0.4 is 10.5 Å². The fourth-order valence-electron chi connectivity index (χ4n) is 2.41. The van der Waals surface area contributed by atoms with Gasteiger partial charge in [-0.3, -0.25) is 19.4 Å². The average Bonchev–Trinajstić information content (AvgIpc) is 2.81. The number of non-ortho nitro benzene ring substituents is 1.